The number of hydrogen-bond donors (Lipinski definition) is 3. The van der Waals surface area contributed by atoms with Gasteiger partial charge in [0.2, 0.25) is 0 Å². The molecule has 1 saturated heterocycles. The first-order valence-corrected chi connectivity index (χ1v) is 6.08. The molecule has 0 spiro atoms. The summed E-state index contributed by atoms with van der Waals surface area (Å²) in [7, 11) is 0. The van der Waals surface area contributed by atoms with E-state index in [2.05, 4.69) is 9.97 Å². The van der Waals surface area contributed by atoms with Crippen molar-refractivity contribution in [3.8, 4) is 0 Å². The van der Waals surface area contributed by atoms with E-state index in [1.807, 2.05) is 0 Å². The van der Waals surface area contributed by atoms with Crippen molar-refractivity contribution >= 4 is 16.9 Å². The summed E-state index contributed by atoms with van der Waals surface area (Å²) in [6.45, 7) is 1.56. The zero-order chi connectivity index (χ0) is 13.6. The van der Waals surface area contributed by atoms with Gasteiger partial charge in [0.1, 0.15) is 23.4 Å². The summed E-state index contributed by atoms with van der Waals surface area (Å²) >= 11 is 0. The van der Waals surface area contributed by atoms with Crippen LogP contribution in [0, 0.1) is 0 Å². The van der Waals surface area contributed by atoms with Gasteiger partial charge in [-0.1, -0.05) is 0 Å². The van der Waals surface area contributed by atoms with Crippen molar-refractivity contribution in [1.29, 1.82) is 0 Å². The summed E-state index contributed by atoms with van der Waals surface area (Å²) in [5, 5.41) is 20.3. The Morgan fingerprint density at radius 3 is 3.05 bits per heavy atom. The fourth-order valence-electron chi connectivity index (χ4n) is 2.59. The third-order valence-corrected chi connectivity index (χ3v) is 3.49. The zero-order valence-electron chi connectivity index (χ0n) is 10.5. The maximum Gasteiger partial charge on any atom is 0.164 e. The van der Waals surface area contributed by atoms with Crippen LogP contribution in [0.5, 0.6) is 0 Å². The number of aliphatic hydroxyl groups excluding tert-OH is 1. The van der Waals surface area contributed by atoms with Gasteiger partial charge in [-0.2, -0.15) is 0 Å². The molecule has 7 heteroatoms. The number of nitrogens with two attached hydrogens (primary N) is 1. The molecule has 3 rings (SSSR count). The quantitative estimate of drug-likeness (QED) is 0.707. The van der Waals surface area contributed by atoms with Crippen molar-refractivity contribution in [1.82, 2.24) is 14.5 Å². The van der Waals surface area contributed by atoms with Gasteiger partial charge in [0.05, 0.1) is 18.1 Å². The molecule has 0 aromatic carbocycles. The SMILES string of the molecule is C[C@@]1(O)C[C@@H](CO)OC1n1ccc2c(N)ncnc21. The van der Waals surface area contributed by atoms with Crippen LogP contribution >= 0.6 is 0 Å². The van der Waals surface area contributed by atoms with E-state index in [4.69, 9.17) is 10.5 Å². The highest BCUT2D eigenvalue weighted by Crippen LogP contribution is 2.39. The van der Waals surface area contributed by atoms with Gasteiger partial charge in [0, 0.05) is 12.6 Å². The molecule has 1 unspecified atom stereocenters. The molecule has 2 aromatic heterocycles. The Morgan fingerprint density at radius 2 is 2.37 bits per heavy atom. The number of nitrogen functional groups attached to an aromatic ring is 1. The number of anilines is 1. The van der Waals surface area contributed by atoms with Gasteiger partial charge in [-0.3, -0.25) is 0 Å². The molecule has 0 radical (unpaired) electrons. The molecule has 3 heterocycles. The molecule has 0 saturated carbocycles. The second-order valence-corrected chi connectivity index (χ2v) is 5.07. The zero-order valence-corrected chi connectivity index (χ0v) is 10.5. The van der Waals surface area contributed by atoms with Gasteiger partial charge in [-0.25, -0.2) is 9.97 Å². The number of rotatable bonds is 2. The summed E-state index contributed by atoms with van der Waals surface area (Å²) in [5.41, 5.74) is 5.32. The Kier molecular flexibility index (Phi) is 2.70. The molecule has 102 valence electrons. The van der Waals surface area contributed by atoms with E-state index < -0.39 is 11.8 Å². The molecule has 1 aliphatic rings. The summed E-state index contributed by atoms with van der Waals surface area (Å²) in [5.74, 6) is 0.389. The lowest BCUT2D eigenvalue weighted by atomic mass is 10.0. The van der Waals surface area contributed by atoms with Gasteiger partial charge in [0.25, 0.3) is 0 Å². The summed E-state index contributed by atoms with van der Waals surface area (Å²) in [4.78, 5) is 8.11. The van der Waals surface area contributed by atoms with Crippen molar-refractivity contribution in [2.45, 2.75) is 31.3 Å². The number of ether oxygens (including phenoxy) is 1. The van der Waals surface area contributed by atoms with E-state index in [9.17, 15) is 10.2 Å². The van der Waals surface area contributed by atoms with Crippen LogP contribution in [0.1, 0.15) is 19.6 Å². The molecule has 0 amide bonds. The molecule has 0 aliphatic carbocycles. The number of aromatic nitrogens is 3. The van der Waals surface area contributed by atoms with Crippen LogP contribution in [0.3, 0.4) is 0 Å². The highest BCUT2D eigenvalue weighted by atomic mass is 16.5. The number of nitrogens with zero attached hydrogens (tertiary/aromatic N) is 3. The maximum atomic E-state index is 10.4. The van der Waals surface area contributed by atoms with Crippen molar-refractivity contribution in [2.75, 3.05) is 12.3 Å². The Morgan fingerprint density at radius 1 is 1.58 bits per heavy atom. The van der Waals surface area contributed by atoms with Gasteiger partial charge < -0.3 is 25.3 Å². The van der Waals surface area contributed by atoms with Crippen LogP contribution in [0.15, 0.2) is 18.6 Å². The molecule has 3 atom stereocenters. The molecular weight excluding hydrogens is 248 g/mol. The van der Waals surface area contributed by atoms with Crippen molar-refractivity contribution in [3.63, 3.8) is 0 Å². The van der Waals surface area contributed by atoms with Crippen LogP contribution in [-0.4, -0.2) is 43.1 Å². The second-order valence-electron chi connectivity index (χ2n) is 5.07. The molecule has 19 heavy (non-hydrogen) atoms. The maximum absolute atomic E-state index is 10.4. The first-order valence-electron chi connectivity index (χ1n) is 6.08. The lowest BCUT2D eigenvalue weighted by Gasteiger charge is -2.25. The molecule has 4 N–H and O–H groups in total. The lowest BCUT2D eigenvalue weighted by Crippen LogP contribution is -2.31. The van der Waals surface area contributed by atoms with Crippen LogP contribution < -0.4 is 5.73 Å². The Balaban J connectivity index is 2.07. The van der Waals surface area contributed by atoms with Crippen molar-refractivity contribution < 1.29 is 14.9 Å². The Hall–Kier alpha value is -1.70. The molecular formula is C12H16N4O3. The lowest BCUT2D eigenvalue weighted by molar-refractivity contribution is -0.0852. The predicted molar refractivity (Wildman–Crippen MR) is 68.2 cm³/mol. The fraction of sp³-hybridized carbons (Fsp3) is 0.500. The summed E-state index contributed by atoms with van der Waals surface area (Å²) < 4.78 is 7.41. The summed E-state index contributed by atoms with van der Waals surface area (Å²) in [6, 6.07) is 1.79. The average Bonchev–Trinajstić information content (AvgIpc) is 2.90. The normalized spacial score (nSPS) is 31.1. The van der Waals surface area contributed by atoms with Gasteiger partial charge >= 0.3 is 0 Å². The highest BCUT2D eigenvalue weighted by Gasteiger charge is 2.45. The average molecular weight is 264 g/mol. The smallest absolute Gasteiger partial charge is 0.164 e. The van der Waals surface area contributed by atoms with Gasteiger partial charge in [-0.05, 0) is 13.0 Å². The van der Waals surface area contributed by atoms with Gasteiger partial charge in [-0.15, -0.1) is 0 Å². The van der Waals surface area contributed by atoms with E-state index in [1.165, 1.54) is 6.33 Å². The predicted octanol–water partition coefficient (Wildman–Crippen LogP) is 0.0443. The molecule has 0 bridgehead atoms. The Labute approximate surface area is 109 Å². The van der Waals surface area contributed by atoms with Crippen LogP contribution in [0.4, 0.5) is 5.82 Å². The minimum Gasteiger partial charge on any atom is -0.394 e. The van der Waals surface area contributed by atoms with Crippen molar-refractivity contribution in [2.24, 2.45) is 0 Å². The molecule has 7 nitrogen and oxygen atoms in total. The fourth-order valence-corrected chi connectivity index (χ4v) is 2.59. The summed E-state index contributed by atoms with van der Waals surface area (Å²) in [6.07, 6.45) is 2.53. The largest absolute Gasteiger partial charge is 0.394 e. The third-order valence-electron chi connectivity index (χ3n) is 3.49. The van der Waals surface area contributed by atoms with E-state index in [-0.39, 0.29) is 12.7 Å². The first-order chi connectivity index (χ1) is 9.03. The molecule has 2 aromatic rings. The standard InChI is InChI=1S/C12H16N4O3/c1-12(18)4-7(5-17)19-11(12)16-3-2-8-9(13)14-6-15-10(8)16/h2-3,6-7,11,17-18H,4-5H2,1H3,(H2,13,14,15)/t7-,11?,12+/m0/s1. The van der Waals surface area contributed by atoms with E-state index >= 15 is 0 Å². The molecule has 1 aliphatic heterocycles. The van der Waals surface area contributed by atoms with Crippen molar-refractivity contribution in [3.05, 3.63) is 18.6 Å². The first kappa shape index (κ1) is 12.3. The number of aliphatic hydroxyl groups is 2. The van der Waals surface area contributed by atoms with Gasteiger partial charge in [0.15, 0.2) is 6.23 Å². The van der Waals surface area contributed by atoms with E-state index in [0.29, 0.717) is 23.3 Å². The second kappa shape index (κ2) is 4.16. The monoisotopic (exact) mass is 264 g/mol. The van der Waals surface area contributed by atoms with E-state index in [0.717, 1.165) is 0 Å². The van der Waals surface area contributed by atoms with E-state index in [1.54, 1.807) is 23.8 Å². The van der Waals surface area contributed by atoms with Crippen LogP contribution in [0.2, 0.25) is 0 Å². The van der Waals surface area contributed by atoms with Crippen LogP contribution in [0.25, 0.3) is 11.0 Å². The molecule has 1 fully saturated rings. The Bertz CT molecular complexity index is 610. The topological polar surface area (TPSA) is 106 Å². The number of fused-ring (bicyclic) bond motifs is 1. The number of hydrogen-bond acceptors (Lipinski definition) is 6. The minimum atomic E-state index is -1.07. The highest BCUT2D eigenvalue weighted by molar-refractivity contribution is 5.86. The third kappa shape index (κ3) is 1.86. The minimum absolute atomic E-state index is 0.122. The van der Waals surface area contributed by atoms with Crippen LogP contribution in [-0.2, 0) is 4.74 Å².